The average Bonchev–Trinajstić information content (AvgIpc) is 2.86. The van der Waals surface area contributed by atoms with Crippen LogP contribution in [0.1, 0.15) is 36.9 Å². The van der Waals surface area contributed by atoms with Crippen molar-refractivity contribution in [1.29, 1.82) is 0 Å². The summed E-state index contributed by atoms with van der Waals surface area (Å²) >= 11 is 1.66. The average molecular weight is 268 g/mol. The highest BCUT2D eigenvalue weighted by molar-refractivity contribution is 7.09. The minimum Gasteiger partial charge on any atom is -0.378 e. The summed E-state index contributed by atoms with van der Waals surface area (Å²) in [6, 6.07) is 0. The highest BCUT2D eigenvalue weighted by Crippen LogP contribution is 2.19. The SMILES string of the molecule is CC(C)c1csc(CCC(=O)N2CCOCC2)n1. The number of hydrogen-bond acceptors (Lipinski definition) is 4. The van der Waals surface area contributed by atoms with E-state index in [0.29, 0.717) is 25.6 Å². The maximum Gasteiger partial charge on any atom is 0.223 e. The van der Waals surface area contributed by atoms with Gasteiger partial charge in [-0.2, -0.15) is 0 Å². The first-order valence-electron chi connectivity index (χ1n) is 6.46. The number of rotatable bonds is 4. The van der Waals surface area contributed by atoms with Gasteiger partial charge in [-0.05, 0) is 5.92 Å². The van der Waals surface area contributed by atoms with E-state index < -0.39 is 0 Å². The predicted octanol–water partition coefficient (Wildman–Crippen LogP) is 2.06. The molecule has 1 aliphatic rings. The summed E-state index contributed by atoms with van der Waals surface area (Å²) in [6.45, 7) is 7.07. The van der Waals surface area contributed by atoms with Crippen LogP contribution in [0.3, 0.4) is 0 Å². The number of amides is 1. The van der Waals surface area contributed by atoms with Crippen molar-refractivity contribution in [2.75, 3.05) is 26.3 Å². The first kappa shape index (κ1) is 13.5. The van der Waals surface area contributed by atoms with Crippen molar-refractivity contribution in [2.45, 2.75) is 32.6 Å². The van der Waals surface area contributed by atoms with Gasteiger partial charge in [0.15, 0.2) is 0 Å². The minimum atomic E-state index is 0.222. The molecule has 4 nitrogen and oxygen atoms in total. The molecule has 1 aromatic heterocycles. The van der Waals surface area contributed by atoms with E-state index in [0.717, 1.165) is 30.2 Å². The van der Waals surface area contributed by atoms with E-state index in [9.17, 15) is 4.79 Å². The van der Waals surface area contributed by atoms with E-state index in [4.69, 9.17) is 4.74 Å². The molecule has 1 aromatic rings. The van der Waals surface area contributed by atoms with Gasteiger partial charge in [0.05, 0.1) is 23.9 Å². The zero-order valence-corrected chi connectivity index (χ0v) is 11.8. The molecule has 0 unspecified atom stereocenters. The van der Waals surface area contributed by atoms with Gasteiger partial charge in [-0.15, -0.1) is 11.3 Å². The number of hydrogen-bond donors (Lipinski definition) is 0. The van der Waals surface area contributed by atoms with Gasteiger partial charge < -0.3 is 9.64 Å². The third-order valence-corrected chi connectivity index (χ3v) is 4.00. The first-order valence-corrected chi connectivity index (χ1v) is 7.34. The molecule has 0 N–H and O–H groups in total. The number of carbonyl (C=O) groups excluding carboxylic acids is 1. The van der Waals surface area contributed by atoms with Crippen LogP contribution in [-0.2, 0) is 16.0 Å². The molecule has 1 fully saturated rings. The van der Waals surface area contributed by atoms with Crippen LogP contribution in [0.15, 0.2) is 5.38 Å². The highest BCUT2D eigenvalue weighted by Gasteiger charge is 2.17. The number of morpholine rings is 1. The van der Waals surface area contributed by atoms with E-state index >= 15 is 0 Å². The fourth-order valence-electron chi connectivity index (χ4n) is 1.89. The van der Waals surface area contributed by atoms with Gasteiger partial charge in [-0.25, -0.2) is 4.98 Å². The Morgan fingerprint density at radius 1 is 1.50 bits per heavy atom. The molecule has 18 heavy (non-hydrogen) atoms. The molecule has 2 rings (SSSR count). The van der Waals surface area contributed by atoms with Crippen LogP contribution >= 0.6 is 11.3 Å². The van der Waals surface area contributed by atoms with E-state index in [1.807, 2.05) is 4.90 Å². The van der Waals surface area contributed by atoms with E-state index in [1.54, 1.807) is 11.3 Å². The fraction of sp³-hybridized carbons (Fsp3) is 0.692. The summed E-state index contributed by atoms with van der Waals surface area (Å²) in [7, 11) is 0. The number of aromatic nitrogens is 1. The Kier molecular flexibility index (Phi) is 4.72. The second-order valence-electron chi connectivity index (χ2n) is 4.81. The molecule has 0 saturated carbocycles. The van der Waals surface area contributed by atoms with Gasteiger partial charge in [0.25, 0.3) is 0 Å². The van der Waals surface area contributed by atoms with Crippen LogP contribution in [0.25, 0.3) is 0 Å². The van der Waals surface area contributed by atoms with E-state index in [1.165, 1.54) is 0 Å². The Morgan fingerprint density at radius 3 is 2.83 bits per heavy atom. The van der Waals surface area contributed by atoms with Gasteiger partial charge in [-0.1, -0.05) is 13.8 Å². The van der Waals surface area contributed by atoms with Gasteiger partial charge in [0, 0.05) is 31.3 Å². The van der Waals surface area contributed by atoms with Crippen molar-refractivity contribution in [3.8, 4) is 0 Å². The zero-order valence-electron chi connectivity index (χ0n) is 11.0. The van der Waals surface area contributed by atoms with Gasteiger partial charge in [0.1, 0.15) is 0 Å². The molecular formula is C13H20N2O2S. The largest absolute Gasteiger partial charge is 0.378 e. The molecule has 0 aliphatic carbocycles. The molecule has 100 valence electrons. The van der Waals surface area contributed by atoms with Gasteiger partial charge >= 0.3 is 0 Å². The second kappa shape index (κ2) is 6.29. The van der Waals surface area contributed by atoms with Crippen molar-refractivity contribution in [1.82, 2.24) is 9.88 Å². The number of aryl methyl sites for hydroxylation is 1. The molecule has 1 amide bonds. The number of nitrogens with zero attached hydrogens (tertiary/aromatic N) is 2. The third kappa shape index (κ3) is 3.53. The van der Waals surface area contributed by atoms with Crippen LogP contribution in [0, 0.1) is 0 Å². The predicted molar refractivity (Wildman–Crippen MR) is 71.9 cm³/mol. The summed E-state index contributed by atoms with van der Waals surface area (Å²) in [5, 5.41) is 3.17. The fourth-order valence-corrected chi connectivity index (χ4v) is 2.85. The van der Waals surface area contributed by atoms with E-state index in [2.05, 4.69) is 24.2 Å². The minimum absolute atomic E-state index is 0.222. The third-order valence-electron chi connectivity index (χ3n) is 3.08. The van der Waals surface area contributed by atoms with Crippen molar-refractivity contribution in [3.05, 3.63) is 16.1 Å². The Bertz CT molecular complexity index is 397. The van der Waals surface area contributed by atoms with Crippen molar-refractivity contribution in [3.63, 3.8) is 0 Å². The quantitative estimate of drug-likeness (QED) is 0.839. The molecule has 0 bridgehead atoms. The summed E-state index contributed by atoms with van der Waals surface area (Å²) in [6.07, 6.45) is 1.32. The summed E-state index contributed by atoms with van der Waals surface area (Å²) in [5.41, 5.74) is 1.13. The second-order valence-corrected chi connectivity index (χ2v) is 5.76. The lowest BCUT2D eigenvalue weighted by atomic mass is 10.2. The van der Waals surface area contributed by atoms with Crippen LogP contribution in [0.5, 0.6) is 0 Å². The standard InChI is InChI=1S/C13H20N2O2S/c1-10(2)11-9-18-12(14-11)3-4-13(16)15-5-7-17-8-6-15/h9-10H,3-8H2,1-2H3. The Hall–Kier alpha value is -0.940. The zero-order chi connectivity index (χ0) is 13.0. The smallest absolute Gasteiger partial charge is 0.223 e. The number of thiazole rings is 1. The Morgan fingerprint density at radius 2 is 2.22 bits per heavy atom. The Labute approximate surface area is 112 Å². The van der Waals surface area contributed by atoms with Crippen LogP contribution in [0.2, 0.25) is 0 Å². The maximum absolute atomic E-state index is 12.0. The molecule has 0 atom stereocenters. The molecule has 0 aromatic carbocycles. The lowest BCUT2D eigenvalue weighted by Crippen LogP contribution is -2.40. The van der Waals surface area contributed by atoms with Gasteiger partial charge in [-0.3, -0.25) is 4.79 Å². The first-order chi connectivity index (χ1) is 8.66. The molecule has 1 saturated heterocycles. The normalized spacial score (nSPS) is 16.3. The topological polar surface area (TPSA) is 42.4 Å². The van der Waals surface area contributed by atoms with Crippen LogP contribution < -0.4 is 0 Å². The molecule has 5 heteroatoms. The summed E-state index contributed by atoms with van der Waals surface area (Å²) < 4.78 is 5.24. The molecular weight excluding hydrogens is 248 g/mol. The monoisotopic (exact) mass is 268 g/mol. The Balaban J connectivity index is 1.81. The van der Waals surface area contributed by atoms with Crippen LogP contribution in [-0.4, -0.2) is 42.1 Å². The highest BCUT2D eigenvalue weighted by atomic mass is 32.1. The molecule has 1 aliphatic heterocycles. The van der Waals surface area contributed by atoms with Crippen molar-refractivity contribution < 1.29 is 9.53 Å². The summed E-state index contributed by atoms with van der Waals surface area (Å²) in [5.74, 6) is 0.685. The summed E-state index contributed by atoms with van der Waals surface area (Å²) in [4.78, 5) is 18.4. The molecule has 2 heterocycles. The van der Waals surface area contributed by atoms with Gasteiger partial charge in [0.2, 0.25) is 5.91 Å². The number of ether oxygens (including phenoxy) is 1. The van der Waals surface area contributed by atoms with Crippen LogP contribution in [0.4, 0.5) is 0 Å². The lowest BCUT2D eigenvalue weighted by molar-refractivity contribution is -0.135. The molecule has 0 radical (unpaired) electrons. The van der Waals surface area contributed by atoms with Crippen molar-refractivity contribution in [2.24, 2.45) is 0 Å². The number of carbonyl (C=O) groups is 1. The van der Waals surface area contributed by atoms with E-state index in [-0.39, 0.29) is 5.91 Å². The maximum atomic E-state index is 12.0. The lowest BCUT2D eigenvalue weighted by Gasteiger charge is -2.26. The molecule has 0 spiro atoms. The van der Waals surface area contributed by atoms with Crippen molar-refractivity contribution >= 4 is 17.2 Å².